The number of halogens is 1. The van der Waals surface area contributed by atoms with E-state index in [1.165, 1.54) is 40.1 Å². The molecule has 0 aliphatic rings. The summed E-state index contributed by atoms with van der Waals surface area (Å²) in [5.41, 5.74) is 0.451. The summed E-state index contributed by atoms with van der Waals surface area (Å²) < 4.78 is 13.4. The number of nitrogens with zero attached hydrogens (tertiary/aromatic N) is 2. The van der Waals surface area contributed by atoms with E-state index in [0.717, 1.165) is 4.90 Å². The number of thioether (sulfide) groups is 1. The fourth-order valence-electron chi connectivity index (χ4n) is 2.10. The largest absolute Gasteiger partial charge is 0.338 e. The molecule has 24 heavy (non-hydrogen) atoms. The number of benzene rings is 1. The number of hydrogen-bond acceptors (Lipinski definition) is 5. The highest BCUT2D eigenvalue weighted by Gasteiger charge is 2.12. The van der Waals surface area contributed by atoms with Gasteiger partial charge in [0.2, 0.25) is 5.91 Å². The van der Waals surface area contributed by atoms with Crippen molar-refractivity contribution < 1.29 is 9.18 Å². The number of carbonyl (C=O) groups excluding carboxylic acids is 1. The number of fused-ring (bicyclic) bond motifs is 1. The smallest absolute Gasteiger partial charge is 0.268 e. The number of aromatic amines is 1. The maximum atomic E-state index is 12.9. The summed E-state index contributed by atoms with van der Waals surface area (Å²) in [4.78, 5) is 33.5. The first-order valence-corrected chi connectivity index (χ1v) is 8.98. The van der Waals surface area contributed by atoms with Gasteiger partial charge in [-0.25, -0.2) is 9.37 Å². The molecule has 0 atom stereocenters. The maximum Gasteiger partial charge on any atom is 0.268 e. The second kappa shape index (κ2) is 7.14. The van der Waals surface area contributed by atoms with E-state index in [0.29, 0.717) is 16.0 Å². The molecule has 124 valence electrons. The molecule has 3 rings (SSSR count). The SMILES string of the molecule is CN(Cc1nc2ccsc2c(=O)[nH]1)C(=O)CSc1ccc(F)cc1. The topological polar surface area (TPSA) is 66.1 Å². The van der Waals surface area contributed by atoms with Crippen LogP contribution in [-0.4, -0.2) is 33.6 Å². The van der Waals surface area contributed by atoms with Gasteiger partial charge in [-0.1, -0.05) is 0 Å². The zero-order valence-corrected chi connectivity index (χ0v) is 14.4. The molecule has 1 aromatic carbocycles. The van der Waals surface area contributed by atoms with Gasteiger partial charge in [-0.2, -0.15) is 0 Å². The second-order valence-corrected chi connectivity index (χ2v) is 7.10. The van der Waals surface area contributed by atoms with Gasteiger partial charge in [0.1, 0.15) is 16.3 Å². The third-order valence-electron chi connectivity index (χ3n) is 3.35. The Labute approximate surface area is 145 Å². The molecule has 2 aromatic heterocycles. The molecular formula is C16H14FN3O2S2. The summed E-state index contributed by atoms with van der Waals surface area (Å²) in [5.74, 6) is 0.278. The molecule has 0 bridgehead atoms. The lowest BCUT2D eigenvalue weighted by atomic mass is 10.4. The van der Waals surface area contributed by atoms with Gasteiger partial charge in [-0.3, -0.25) is 9.59 Å². The number of rotatable bonds is 5. The van der Waals surface area contributed by atoms with Crippen molar-refractivity contribution in [3.63, 3.8) is 0 Å². The molecule has 0 aliphatic heterocycles. The molecule has 1 amide bonds. The van der Waals surface area contributed by atoms with Crippen molar-refractivity contribution >= 4 is 39.2 Å². The molecule has 5 nitrogen and oxygen atoms in total. The van der Waals surface area contributed by atoms with E-state index in [2.05, 4.69) is 9.97 Å². The standard InChI is InChI=1S/C16H14FN3O2S2/c1-20(14(21)9-24-11-4-2-10(17)3-5-11)8-13-18-12-6-7-23-15(12)16(22)19-13/h2-7H,8-9H2,1H3,(H,18,19,22). The van der Waals surface area contributed by atoms with E-state index in [1.807, 2.05) is 5.38 Å². The Balaban J connectivity index is 1.62. The van der Waals surface area contributed by atoms with Crippen LogP contribution in [0.3, 0.4) is 0 Å². The Bertz CT molecular complexity index is 921. The van der Waals surface area contributed by atoms with Gasteiger partial charge in [-0.05, 0) is 35.7 Å². The van der Waals surface area contributed by atoms with Crippen LogP contribution in [0.4, 0.5) is 4.39 Å². The summed E-state index contributed by atoms with van der Waals surface area (Å²) in [6.45, 7) is 0.226. The number of thiophene rings is 1. The number of aromatic nitrogens is 2. The van der Waals surface area contributed by atoms with Crippen LogP contribution < -0.4 is 5.56 Å². The Morgan fingerprint density at radius 1 is 1.33 bits per heavy atom. The minimum atomic E-state index is -0.304. The van der Waals surface area contributed by atoms with Gasteiger partial charge < -0.3 is 9.88 Å². The average Bonchev–Trinajstić information content (AvgIpc) is 3.03. The summed E-state index contributed by atoms with van der Waals surface area (Å²) in [5, 5.41) is 1.81. The lowest BCUT2D eigenvalue weighted by molar-refractivity contribution is -0.127. The van der Waals surface area contributed by atoms with Gasteiger partial charge >= 0.3 is 0 Å². The number of amides is 1. The molecule has 0 unspecified atom stereocenters. The molecule has 0 saturated heterocycles. The molecule has 0 fully saturated rings. The minimum Gasteiger partial charge on any atom is -0.338 e. The van der Waals surface area contributed by atoms with E-state index in [4.69, 9.17) is 0 Å². The van der Waals surface area contributed by atoms with Gasteiger partial charge in [0.05, 0.1) is 17.8 Å². The zero-order valence-electron chi connectivity index (χ0n) is 12.8. The zero-order chi connectivity index (χ0) is 17.1. The van der Waals surface area contributed by atoms with Crippen molar-refractivity contribution in [2.24, 2.45) is 0 Å². The molecule has 1 N–H and O–H groups in total. The van der Waals surface area contributed by atoms with Crippen molar-refractivity contribution in [1.82, 2.24) is 14.9 Å². The van der Waals surface area contributed by atoms with Crippen LogP contribution in [0.5, 0.6) is 0 Å². The number of hydrogen-bond donors (Lipinski definition) is 1. The molecule has 0 saturated carbocycles. The van der Waals surface area contributed by atoms with Gasteiger partial charge in [0.25, 0.3) is 5.56 Å². The molecule has 8 heteroatoms. The Morgan fingerprint density at radius 3 is 2.83 bits per heavy atom. The third-order valence-corrected chi connectivity index (χ3v) is 5.25. The van der Waals surface area contributed by atoms with Crippen molar-refractivity contribution in [3.8, 4) is 0 Å². The van der Waals surface area contributed by atoms with Crippen LogP contribution >= 0.6 is 23.1 Å². The van der Waals surface area contributed by atoms with Crippen molar-refractivity contribution in [3.05, 3.63) is 57.7 Å². The summed E-state index contributed by atoms with van der Waals surface area (Å²) in [7, 11) is 1.66. The second-order valence-electron chi connectivity index (χ2n) is 5.14. The summed E-state index contributed by atoms with van der Waals surface area (Å²) >= 11 is 2.67. The quantitative estimate of drug-likeness (QED) is 0.708. The van der Waals surface area contributed by atoms with E-state index in [1.54, 1.807) is 25.2 Å². The molecule has 0 radical (unpaired) electrons. The Morgan fingerprint density at radius 2 is 2.08 bits per heavy atom. The molecular weight excluding hydrogens is 349 g/mol. The van der Waals surface area contributed by atoms with Gasteiger partial charge in [-0.15, -0.1) is 23.1 Å². The van der Waals surface area contributed by atoms with Crippen LogP contribution in [0.2, 0.25) is 0 Å². The molecule has 2 heterocycles. The monoisotopic (exact) mass is 363 g/mol. The fraction of sp³-hybridized carbons (Fsp3) is 0.188. The number of carbonyl (C=O) groups is 1. The molecule has 0 spiro atoms. The van der Waals surface area contributed by atoms with Crippen molar-refractivity contribution in [2.75, 3.05) is 12.8 Å². The lowest BCUT2D eigenvalue weighted by Crippen LogP contribution is -2.29. The van der Waals surface area contributed by atoms with Gasteiger partial charge in [0.15, 0.2) is 0 Å². The van der Waals surface area contributed by atoms with Crippen molar-refractivity contribution in [1.29, 1.82) is 0 Å². The van der Waals surface area contributed by atoms with Crippen LogP contribution in [-0.2, 0) is 11.3 Å². The van der Waals surface area contributed by atoms with Crippen LogP contribution in [0, 0.1) is 5.82 Å². The lowest BCUT2D eigenvalue weighted by Gasteiger charge is -2.16. The van der Waals surface area contributed by atoms with Crippen LogP contribution in [0.15, 0.2) is 45.4 Å². The first kappa shape index (κ1) is 16.7. The normalized spacial score (nSPS) is 10.9. The van der Waals surface area contributed by atoms with E-state index < -0.39 is 0 Å². The van der Waals surface area contributed by atoms with E-state index in [-0.39, 0.29) is 29.6 Å². The maximum absolute atomic E-state index is 12.9. The predicted molar refractivity (Wildman–Crippen MR) is 93.8 cm³/mol. The number of nitrogens with one attached hydrogen (secondary N) is 1. The highest BCUT2D eigenvalue weighted by atomic mass is 32.2. The van der Waals surface area contributed by atoms with Gasteiger partial charge in [0, 0.05) is 11.9 Å². The third kappa shape index (κ3) is 3.82. The van der Waals surface area contributed by atoms with Crippen LogP contribution in [0.1, 0.15) is 5.82 Å². The highest BCUT2D eigenvalue weighted by molar-refractivity contribution is 8.00. The molecule has 0 aliphatic carbocycles. The van der Waals surface area contributed by atoms with E-state index >= 15 is 0 Å². The minimum absolute atomic E-state index is 0.0996. The highest BCUT2D eigenvalue weighted by Crippen LogP contribution is 2.19. The summed E-state index contributed by atoms with van der Waals surface area (Å²) in [6, 6.07) is 7.78. The predicted octanol–water partition coefficient (Wildman–Crippen LogP) is 2.87. The first-order valence-electron chi connectivity index (χ1n) is 7.11. The Hall–Kier alpha value is -2.19. The van der Waals surface area contributed by atoms with E-state index in [9.17, 15) is 14.0 Å². The summed E-state index contributed by atoms with van der Waals surface area (Å²) in [6.07, 6.45) is 0. The number of H-pyrrole nitrogens is 1. The van der Waals surface area contributed by atoms with Crippen LogP contribution in [0.25, 0.3) is 10.2 Å². The Kier molecular flexibility index (Phi) is 4.96. The fourth-order valence-corrected chi connectivity index (χ4v) is 3.66. The average molecular weight is 363 g/mol. The van der Waals surface area contributed by atoms with Crippen molar-refractivity contribution in [2.45, 2.75) is 11.4 Å². The first-order chi connectivity index (χ1) is 11.5. The molecule has 3 aromatic rings.